The van der Waals surface area contributed by atoms with Crippen molar-refractivity contribution in [3.8, 4) is 11.1 Å². The van der Waals surface area contributed by atoms with Gasteiger partial charge in [-0.05, 0) is 98.9 Å². The molecule has 5 rings (SSSR count). The number of carbonyl (C=O) groups excluding carboxylic acids is 2. The third kappa shape index (κ3) is 18.3. The van der Waals surface area contributed by atoms with Crippen molar-refractivity contribution in [3.05, 3.63) is 129 Å². The number of halogens is 15. The van der Waals surface area contributed by atoms with Gasteiger partial charge in [0.1, 0.15) is 6.61 Å². The fourth-order valence-electron chi connectivity index (χ4n) is 6.87. The van der Waals surface area contributed by atoms with E-state index in [9.17, 15) is 75.4 Å². The molecule has 0 saturated heterocycles. The second-order valence-electron chi connectivity index (χ2n) is 17.1. The molecule has 0 bridgehead atoms. The number of alkyl halides is 15. The number of hydrogen-bond donors (Lipinski definition) is 0. The molecule has 4 aromatic rings. The molecule has 9 nitrogen and oxygen atoms in total. The summed E-state index contributed by atoms with van der Waals surface area (Å²) in [5.41, 5.74) is 14.1. The van der Waals surface area contributed by atoms with Crippen LogP contribution in [0.4, 0.5) is 70.7 Å². The van der Waals surface area contributed by atoms with E-state index in [2.05, 4.69) is 155 Å². The van der Waals surface area contributed by atoms with Crippen LogP contribution >= 0.6 is 0 Å². The van der Waals surface area contributed by atoms with Gasteiger partial charge in [0.25, 0.3) is 0 Å². The molecule has 0 atom stereocenters. The highest BCUT2D eigenvalue weighted by atomic mass is 19.4. The van der Waals surface area contributed by atoms with E-state index in [1.54, 1.807) is 0 Å². The van der Waals surface area contributed by atoms with E-state index in [-0.39, 0.29) is 12.2 Å². The Bertz CT molecular complexity index is 2330. The third-order valence-corrected chi connectivity index (χ3v) is 11.3. The lowest BCUT2D eigenvalue weighted by molar-refractivity contribution is -0.543. The summed E-state index contributed by atoms with van der Waals surface area (Å²) in [4.78, 5) is 20.6. The summed E-state index contributed by atoms with van der Waals surface area (Å²) in [6.45, 7) is 11.5. The van der Waals surface area contributed by atoms with Crippen LogP contribution in [0.25, 0.3) is 11.1 Å². The Morgan fingerprint density at radius 3 is 1.27 bits per heavy atom. The molecule has 0 amide bonds. The number of rotatable bonds is 16. The summed E-state index contributed by atoms with van der Waals surface area (Å²) in [7, 11) is 1.75. The normalized spacial score (nSPS) is 14.2. The largest absolute Gasteiger partial charge is 0.513 e. The number of benzene rings is 4. The van der Waals surface area contributed by atoms with Gasteiger partial charge in [0, 0.05) is 26.6 Å². The molecular weight excluding hydrogens is 1040 g/mol. The quantitative estimate of drug-likeness (QED) is 0.0617. The summed E-state index contributed by atoms with van der Waals surface area (Å²) in [5, 5.41) is 0. The van der Waals surface area contributed by atoms with Crippen LogP contribution in [0.15, 0.2) is 84.9 Å². The van der Waals surface area contributed by atoms with Gasteiger partial charge in [-0.3, -0.25) is 4.79 Å². The van der Waals surface area contributed by atoms with Crippen molar-refractivity contribution in [3.63, 3.8) is 0 Å². The molecule has 0 heterocycles. The van der Waals surface area contributed by atoms with Crippen LogP contribution in [0.5, 0.6) is 0 Å². The molecule has 0 radical (unpaired) electrons. The highest BCUT2D eigenvalue weighted by Gasteiger charge is 2.85. The van der Waals surface area contributed by atoms with Crippen molar-refractivity contribution in [2.45, 2.75) is 128 Å². The highest BCUT2D eigenvalue weighted by Crippen LogP contribution is 2.56. The van der Waals surface area contributed by atoms with E-state index in [1.165, 1.54) is 107 Å². The molecule has 24 heteroatoms. The van der Waals surface area contributed by atoms with Gasteiger partial charge in [-0.15, -0.1) is 0 Å². The van der Waals surface area contributed by atoms with Crippen molar-refractivity contribution in [2.75, 3.05) is 34.4 Å². The topological polar surface area (TPSA) is 98.8 Å². The van der Waals surface area contributed by atoms with E-state index >= 15 is 0 Å². The van der Waals surface area contributed by atoms with Crippen molar-refractivity contribution >= 4 is 12.1 Å². The van der Waals surface area contributed by atoms with Crippen molar-refractivity contribution < 1.29 is 109 Å². The lowest BCUT2D eigenvalue weighted by atomic mass is 9.64. The molecule has 0 spiro atoms. The van der Waals surface area contributed by atoms with Crippen LogP contribution < -0.4 is 0 Å². The maximum absolute atomic E-state index is 12.9. The Kier molecular flexibility index (Phi) is 23.5. The molecule has 0 aromatic heterocycles. The van der Waals surface area contributed by atoms with E-state index in [0.717, 1.165) is 0 Å². The minimum atomic E-state index is -7.87. The first kappa shape index (κ1) is 65.5. The summed E-state index contributed by atoms with van der Waals surface area (Å²) in [6.07, 6.45) is -28.9. The number of methoxy groups -OCH3 is 2. The minimum Gasteiger partial charge on any atom is -0.428 e. The molecule has 1 aliphatic rings. The smallest absolute Gasteiger partial charge is 0.428 e. The molecule has 0 aliphatic heterocycles. The zero-order valence-electron chi connectivity index (χ0n) is 42.1. The zero-order valence-corrected chi connectivity index (χ0v) is 42.1. The Hall–Kier alpha value is -5.59. The molecule has 1 fully saturated rings. The summed E-state index contributed by atoms with van der Waals surface area (Å²) in [6, 6.07) is 31.5. The Morgan fingerprint density at radius 2 is 0.893 bits per heavy atom. The molecule has 4 aromatic carbocycles. The Balaban J connectivity index is 0.000000358. The SMILES string of the molecule is COCC(F)(F)OC(F)(F)C(F)(F)OC(F)(F)C(F)(F)C(F)(F)C(F)(F)F.COCOC(=O)OCOC(C)=O.Cc1ccc(-c2ccc(C)cc2)cc1.Cc1ccc(C2(c3ccc(C)c(C)c3)CCCCC2)cc1C. The van der Waals surface area contributed by atoms with Crippen molar-refractivity contribution in [1.29, 1.82) is 0 Å². The van der Waals surface area contributed by atoms with Gasteiger partial charge in [-0.2, -0.15) is 65.9 Å². The molecule has 1 saturated carbocycles. The van der Waals surface area contributed by atoms with Crippen LogP contribution in [0, 0.1) is 41.5 Å². The maximum Gasteiger partial charge on any atom is 0.513 e. The van der Waals surface area contributed by atoms with Gasteiger partial charge >= 0.3 is 54.6 Å². The summed E-state index contributed by atoms with van der Waals surface area (Å²) < 4.78 is 212. The molecule has 0 unspecified atom stereocenters. The second kappa shape index (κ2) is 26.9. The third-order valence-electron chi connectivity index (χ3n) is 11.3. The van der Waals surface area contributed by atoms with Gasteiger partial charge < -0.3 is 23.7 Å². The molecular formula is C51H57F15O9. The van der Waals surface area contributed by atoms with Gasteiger partial charge in [0.15, 0.2) is 6.79 Å². The number of esters is 1. The monoisotopic (exact) mass is 1100 g/mol. The van der Waals surface area contributed by atoms with Crippen molar-refractivity contribution in [2.24, 2.45) is 0 Å². The zero-order chi connectivity index (χ0) is 57.4. The second-order valence-corrected chi connectivity index (χ2v) is 17.1. The summed E-state index contributed by atoms with van der Waals surface area (Å²) in [5.74, 6) is -16.2. The maximum atomic E-state index is 12.9. The van der Waals surface area contributed by atoms with Gasteiger partial charge in [0.2, 0.25) is 6.79 Å². The Morgan fingerprint density at radius 1 is 0.480 bits per heavy atom. The standard InChI is InChI=1S/C22H28.C14H14.C9H5F15O3.C6H10O6/c1-16-8-10-20(14-18(16)3)22(12-6-5-7-13-22)21-11-9-17(2)19(4)15-21;1-11-3-7-13(8-4-11)14-9-5-12(2)6-10-14;1-25-2-3(10,11)26-8(21,22)9(23,24)27-7(19,20)5(14,15)4(12,13)6(16,17)18;1-5(7)10-4-12-6(8)11-3-9-2/h8-11,14-15H,5-7,12-13H2,1-4H3;3-10H,1-2H3;2H2,1H3;3-4H2,1-2H3. The summed E-state index contributed by atoms with van der Waals surface area (Å²) >= 11 is 0. The van der Waals surface area contributed by atoms with Gasteiger partial charge in [-0.25, -0.2) is 14.3 Å². The lowest BCUT2D eigenvalue weighted by Crippen LogP contribution is -2.64. The van der Waals surface area contributed by atoms with Gasteiger partial charge in [0.05, 0.1) is 0 Å². The van der Waals surface area contributed by atoms with Crippen LogP contribution in [0.3, 0.4) is 0 Å². The number of ether oxygens (including phenoxy) is 7. The molecule has 75 heavy (non-hydrogen) atoms. The van der Waals surface area contributed by atoms with Crippen LogP contribution in [0.1, 0.15) is 83.5 Å². The number of aryl methyl sites for hydroxylation is 6. The van der Waals surface area contributed by atoms with Crippen LogP contribution in [0.2, 0.25) is 0 Å². The van der Waals surface area contributed by atoms with Crippen LogP contribution in [-0.2, 0) is 43.4 Å². The average Bonchev–Trinajstić information content (AvgIpc) is 3.30. The van der Waals surface area contributed by atoms with Crippen molar-refractivity contribution in [1.82, 2.24) is 0 Å². The predicted molar refractivity (Wildman–Crippen MR) is 243 cm³/mol. The molecule has 420 valence electrons. The van der Waals surface area contributed by atoms with E-state index in [1.807, 2.05) is 0 Å². The van der Waals surface area contributed by atoms with E-state index in [0.29, 0.717) is 7.11 Å². The molecule has 0 N–H and O–H groups in total. The first-order chi connectivity index (χ1) is 34.4. The van der Waals surface area contributed by atoms with Crippen LogP contribution in [-0.4, -0.2) is 89.0 Å². The minimum absolute atomic E-state index is 0.196. The number of carbonyl (C=O) groups is 2. The fourth-order valence-corrected chi connectivity index (χ4v) is 6.87. The molecule has 1 aliphatic carbocycles. The van der Waals surface area contributed by atoms with E-state index in [4.69, 9.17) is 0 Å². The first-order valence-corrected chi connectivity index (χ1v) is 22.4. The van der Waals surface area contributed by atoms with E-state index < -0.39 is 68.0 Å². The first-order valence-electron chi connectivity index (χ1n) is 22.4. The highest BCUT2D eigenvalue weighted by molar-refractivity contribution is 5.66. The predicted octanol–water partition coefficient (Wildman–Crippen LogP) is 15.3. The fraction of sp³-hybridized carbons (Fsp3) is 0.490. The Labute approximate surface area is 423 Å². The van der Waals surface area contributed by atoms with Gasteiger partial charge in [-0.1, -0.05) is 115 Å². The number of hydrogen-bond acceptors (Lipinski definition) is 9. The average molecular weight is 1100 g/mol. The lowest BCUT2D eigenvalue weighted by Gasteiger charge is -2.39.